The van der Waals surface area contributed by atoms with Gasteiger partial charge in [0.15, 0.2) is 11.2 Å². The van der Waals surface area contributed by atoms with Crippen LogP contribution in [-0.2, 0) is 13.2 Å². The Balaban J connectivity index is 1.91. The molecular weight excluding hydrogens is 266 g/mol. The molecule has 2 aromatic heterocycles. The number of imidazole rings is 1. The highest BCUT2D eigenvalue weighted by Crippen LogP contribution is 2.22. The monoisotopic (exact) mass is 283 g/mol. The van der Waals surface area contributed by atoms with Gasteiger partial charge in [-0.2, -0.15) is 9.97 Å². The van der Waals surface area contributed by atoms with Gasteiger partial charge in [-0.15, -0.1) is 0 Å². The Bertz CT molecular complexity index is 738. The van der Waals surface area contributed by atoms with Crippen molar-refractivity contribution in [3.63, 3.8) is 0 Å². The molecule has 0 atom stereocenters. The highest BCUT2D eigenvalue weighted by atomic mass is 16.5. The van der Waals surface area contributed by atoms with E-state index in [2.05, 4.69) is 21.9 Å². The molecule has 0 saturated heterocycles. The van der Waals surface area contributed by atoms with Crippen LogP contribution in [0.2, 0.25) is 0 Å². The molecule has 1 aromatic carbocycles. The summed E-state index contributed by atoms with van der Waals surface area (Å²) in [5.41, 5.74) is 8.20. The molecular formula is C15H17N5O. The van der Waals surface area contributed by atoms with Gasteiger partial charge in [-0.25, -0.2) is 4.98 Å². The van der Waals surface area contributed by atoms with Crippen LogP contribution >= 0.6 is 0 Å². The van der Waals surface area contributed by atoms with E-state index >= 15 is 0 Å². The first-order chi connectivity index (χ1) is 10.3. The lowest BCUT2D eigenvalue weighted by Gasteiger charge is -2.07. The highest BCUT2D eigenvalue weighted by molar-refractivity contribution is 5.77. The Morgan fingerprint density at radius 1 is 1.19 bits per heavy atom. The summed E-state index contributed by atoms with van der Waals surface area (Å²) in [6.07, 6.45) is 2.74. The molecule has 2 heterocycles. The lowest BCUT2D eigenvalue weighted by Crippen LogP contribution is -2.04. The first-order valence-corrected chi connectivity index (χ1v) is 6.93. The molecule has 6 nitrogen and oxygen atoms in total. The van der Waals surface area contributed by atoms with Crippen molar-refractivity contribution in [1.82, 2.24) is 19.5 Å². The van der Waals surface area contributed by atoms with E-state index in [0.717, 1.165) is 18.5 Å². The third-order valence-electron chi connectivity index (χ3n) is 3.13. The van der Waals surface area contributed by atoms with Gasteiger partial charge >= 0.3 is 0 Å². The van der Waals surface area contributed by atoms with Crippen molar-refractivity contribution in [2.24, 2.45) is 0 Å². The largest absolute Gasteiger partial charge is 0.471 e. The molecule has 0 spiro atoms. The van der Waals surface area contributed by atoms with Crippen LogP contribution < -0.4 is 10.5 Å². The Hall–Kier alpha value is -2.63. The van der Waals surface area contributed by atoms with Gasteiger partial charge in [0.2, 0.25) is 11.8 Å². The van der Waals surface area contributed by atoms with Crippen LogP contribution in [-0.4, -0.2) is 19.5 Å². The third kappa shape index (κ3) is 2.79. The van der Waals surface area contributed by atoms with E-state index in [0.29, 0.717) is 23.7 Å². The van der Waals surface area contributed by atoms with E-state index in [1.807, 2.05) is 34.9 Å². The molecule has 2 N–H and O–H groups in total. The van der Waals surface area contributed by atoms with E-state index in [9.17, 15) is 0 Å². The first-order valence-electron chi connectivity index (χ1n) is 6.93. The molecule has 108 valence electrons. The molecule has 0 bridgehead atoms. The number of ether oxygens (including phenoxy) is 1. The standard InChI is InChI=1S/C15H17N5O/c1-2-8-20-10-17-12-13(20)18-15(16)19-14(12)21-9-11-6-4-3-5-7-11/h3-7,10H,2,8-9H2,1H3,(H2,16,18,19). The average molecular weight is 283 g/mol. The summed E-state index contributed by atoms with van der Waals surface area (Å²) < 4.78 is 7.73. The maximum atomic E-state index is 5.77. The van der Waals surface area contributed by atoms with Gasteiger partial charge in [0.1, 0.15) is 6.61 Å². The second-order valence-electron chi connectivity index (χ2n) is 4.77. The number of fused-ring (bicyclic) bond motifs is 1. The van der Waals surface area contributed by atoms with E-state index in [1.165, 1.54) is 0 Å². The smallest absolute Gasteiger partial charge is 0.247 e. The minimum atomic E-state index is 0.198. The Morgan fingerprint density at radius 3 is 2.76 bits per heavy atom. The molecule has 0 aliphatic carbocycles. The summed E-state index contributed by atoms with van der Waals surface area (Å²) in [7, 11) is 0. The molecule has 0 fully saturated rings. The van der Waals surface area contributed by atoms with Crippen molar-refractivity contribution >= 4 is 17.1 Å². The molecule has 0 aliphatic rings. The number of hydrogen-bond acceptors (Lipinski definition) is 5. The number of anilines is 1. The summed E-state index contributed by atoms with van der Waals surface area (Å²) in [5, 5.41) is 0. The number of nitrogens with two attached hydrogens (primary N) is 1. The van der Waals surface area contributed by atoms with Crippen LogP contribution in [0.25, 0.3) is 11.2 Å². The number of hydrogen-bond donors (Lipinski definition) is 1. The van der Waals surface area contributed by atoms with Gasteiger partial charge < -0.3 is 15.0 Å². The maximum Gasteiger partial charge on any atom is 0.247 e. The Kier molecular flexibility index (Phi) is 3.68. The zero-order valence-electron chi connectivity index (χ0n) is 11.9. The number of rotatable bonds is 5. The fourth-order valence-electron chi connectivity index (χ4n) is 2.17. The molecule has 0 saturated carbocycles. The minimum absolute atomic E-state index is 0.198. The van der Waals surface area contributed by atoms with Gasteiger partial charge in [-0.1, -0.05) is 37.3 Å². The van der Waals surface area contributed by atoms with Gasteiger partial charge in [0.05, 0.1) is 6.33 Å². The number of nitrogen functional groups attached to an aromatic ring is 1. The molecule has 21 heavy (non-hydrogen) atoms. The van der Waals surface area contributed by atoms with Crippen LogP contribution in [0.15, 0.2) is 36.7 Å². The first kappa shape index (κ1) is 13.4. The Morgan fingerprint density at radius 2 is 2.00 bits per heavy atom. The van der Waals surface area contributed by atoms with Crippen molar-refractivity contribution in [3.05, 3.63) is 42.2 Å². The van der Waals surface area contributed by atoms with Crippen molar-refractivity contribution in [2.45, 2.75) is 26.5 Å². The zero-order chi connectivity index (χ0) is 14.7. The predicted molar refractivity (Wildman–Crippen MR) is 80.8 cm³/mol. The summed E-state index contributed by atoms with van der Waals surface area (Å²) in [4.78, 5) is 12.8. The lowest BCUT2D eigenvalue weighted by atomic mass is 10.2. The molecule has 0 radical (unpaired) electrons. The van der Waals surface area contributed by atoms with Crippen molar-refractivity contribution in [1.29, 1.82) is 0 Å². The number of aryl methyl sites for hydroxylation is 1. The zero-order valence-corrected chi connectivity index (χ0v) is 11.9. The van der Waals surface area contributed by atoms with Crippen molar-refractivity contribution in [3.8, 4) is 5.88 Å². The van der Waals surface area contributed by atoms with Crippen LogP contribution in [0.4, 0.5) is 5.95 Å². The van der Waals surface area contributed by atoms with Crippen molar-refractivity contribution < 1.29 is 4.74 Å². The molecule has 3 rings (SSSR count). The SMILES string of the molecule is CCCn1cnc2c(OCc3ccccc3)nc(N)nc21. The van der Waals surface area contributed by atoms with Crippen LogP contribution in [0.1, 0.15) is 18.9 Å². The van der Waals surface area contributed by atoms with Gasteiger partial charge in [-0.05, 0) is 12.0 Å². The third-order valence-corrected chi connectivity index (χ3v) is 3.13. The Labute approximate surface area is 122 Å². The fraction of sp³-hybridized carbons (Fsp3) is 0.267. The number of aromatic nitrogens is 4. The van der Waals surface area contributed by atoms with Gasteiger partial charge in [0, 0.05) is 6.54 Å². The van der Waals surface area contributed by atoms with Crippen LogP contribution in [0.3, 0.4) is 0 Å². The topological polar surface area (TPSA) is 78.8 Å². The highest BCUT2D eigenvalue weighted by Gasteiger charge is 2.13. The second-order valence-corrected chi connectivity index (χ2v) is 4.77. The summed E-state index contributed by atoms with van der Waals surface area (Å²) in [6, 6.07) is 9.91. The van der Waals surface area contributed by atoms with E-state index in [4.69, 9.17) is 10.5 Å². The average Bonchev–Trinajstić information content (AvgIpc) is 2.89. The van der Waals surface area contributed by atoms with Crippen LogP contribution in [0.5, 0.6) is 5.88 Å². The summed E-state index contributed by atoms with van der Waals surface area (Å²) in [6.45, 7) is 3.36. The normalized spacial score (nSPS) is 10.9. The predicted octanol–water partition coefficient (Wildman–Crippen LogP) is 2.40. The van der Waals surface area contributed by atoms with E-state index in [1.54, 1.807) is 6.33 Å². The molecule has 0 amide bonds. The van der Waals surface area contributed by atoms with E-state index in [-0.39, 0.29) is 5.95 Å². The van der Waals surface area contributed by atoms with Gasteiger partial charge in [-0.3, -0.25) is 0 Å². The lowest BCUT2D eigenvalue weighted by molar-refractivity contribution is 0.297. The summed E-state index contributed by atoms with van der Waals surface area (Å²) in [5.74, 6) is 0.625. The van der Waals surface area contributed by atoms with Crippen molar-refractivity contribution in [2.75, 3.05) is 5.73 Å². The minimum Gasteiger partial charge on any atom is -0.471 e. The fourth-order valence-corrected chi connectivity index (χ4v) is 2.17. The quantitative estimate of drug-likeness (QED) is 0.777. The molecule has 0 aliphatic heterocycles. The second kappa shape index (κ2) is 5.78. The molecule has 3 aromatic rings. The molecule has 6 heteroatoms. The van der Waals surface area contributed by atoms with Gasteiger partial charge in [0.25, 0.3) is 0 Å². The molecule has 0 unspecified atom stereocenters. The van der Waals surface area contributed by atoms with Crippen LogP contribution in [0, 0.1) is 0 Å². The summed E-state index contributed by atoms with van der Waals surface area (Å²) >= 11 is 0. The maximum absolute atomic E-state index is 5.77. The number of benzene rings is 1. The van der Waals surface area contributed by atoms with E-state index < -0.39 is 0 Å². The number of nitrogens with zero attached hydrogens (tertiary/aromatic N) is 4.